The molecule has 21 heavy (non-hydrogen) atoms. The predicted molar refractivity (Wildman–Crippen MR) is 79.5 cm³/mol. The summed E-state index contributed by atoms with van der Waals surface area (Å²) in [7, 11) is 0. The molecule has 1 amide bonds. The molecular weight excluding hydrogens is 268 g/mol. The largest absolute Gasteiger partial charge is 0.480 e. The Morgan fingerprint density at radius 3 is 2.48 bits per heavy atom. The fraction of sp³-hybridized carbons (Fsp3) is 0.500. The van der Waals surface area contributed by atoms with Gasteiger partial charge in [-0.2, -0.15) is 0 Å². The third-order valence-electron chi connectivity index (χ3n) is 4.19. The van der Waals surface area contributed by atoms with Crippen molar-refractivity contribution in [2.24, 2.45) is 17.6 Å². The molecule has 1 aromatic carbocycles. The maximum Gasteiger partial charge on any atom is 0.326 e. The minimum Gasteiger partial charge on any atom is -0.480 e. The number of carbonyl (C=O) groups excluding carboxylic acids is 1. The van der Waals surface area contributed by atoms with E-state index in [1.54, 1.807) is 0 Å². The molecule has 1 aromatic rings. The molecule has 0 saturated carbocycles. The first-order valence-corrected chi connectivity index (χ1v) is 7.25. The molecular formula is C16H22N2O3. The van der Waals surface area contributed by atoms with Crippen LogP contribution in [0.3, 0.4) is 0 Å². The number of carboxylic acids is 1. The first kappa shape index (κ1) is 15.5. The van der Waals surface area contributed by atoms with E-state index < -0.39 is 12.0 Å². The fourth-order valence-electron chi connectivity index (χ4n) is 2.85. The smallest absolute Gasteiger partial charge is 0.326 e. The average Bonchev–Trinajstić information content (AvgIpc) is 2.46. The number of hydrogen-bond donors (Lipinski definition) is 2. The van der Waals surface area contributed by atoms with Gasteiger partial charge in [-0.3, -0.25) is 4.79 Å². The maximum absolute atomic E-state index is 12.7. The molecule has 1 aliphatic heterocycles. The molecule has 3 N–H and O–H groups in total. The van der Waals surface area contributed by atoms with Crippen molar-refractivity contribution in [3.05, 3.63) is 35.4 Å². The van der Waals surface area contributed by atoms with Crippen LogP contribution in [-0.2, 0) is 22.6 Å². The summed E-state index contributed by atoms with van der Waals surface area (Å²) in [5.41, 5.74) is 7.72. The maximum atomic E-state index is 12.7. The van der Waals surface area contributed by atoms with E-state index in [2.05, 4.69) is 0 Å². The van der Waals surface area contributed by atoms with Crippen LogP contribution < -0.4 is 5.73 Å². The standard InChI is InChI=1S/C16H22N2O3/c1-10(2)13(8-17)15(19)18-9-12-6-4-3-5-11(12)7-14(18)16(20)21/h3-6,10,13-14H,7-9,17H2,1-2H3,(H,20,21)/t13?,14-/m1/s1. The van der Waals surface area contributed by atoms with Gasteiger partial charge in [-0.05, 0) is 17.0 Å². The second kappa shape index (κ2) is 6.26. The van der Waals surface area contributed by atoms with Crippen molar-refractivity contribution in [1.82, 2.24) is 4.90 Å². The Balaban J connectivity index is 2.32. The highest BCUT2D eigenvalue weighted by Gasteiger charge is 2.37. The van der Waals surface area contributed by atoms with Gasteiger partial charge >= 0.3 is 5.97 Å². The number of carboxylic acid groups (broad SMARTS) is 1. The van der Waals surface area contributed by atoms with Gasteiger partial charge in [0, 0.05) is 19.5 Å². The van der Waals surface area contributed by atoms with Crippen LogP contribution >= 0.6 is 0 Å². The summed E-state index contributed by atoms with van der Waals surface area (Å²) in [5.74, 6) is -1.36. The van der Waals surface area contributed by atoms with Crippen LogP contribution in [-0.4, -0.2) is 34.5 Å². The quantitative estimate of drug-likeness (QED) is 0.874. The number of aliphatic carboxylic acids is 1. The van der Waals surface area contributed by atoms with E-state index in [0.29, 0.717) is 13.0 Å². The number of nitrogens with two attached hydrogens (primary N) is 1. The Labute approximate surface area is 124 Å². The highest BCUT2D eigenvalue weighted by atomic mass is 16.4. The van der Waals surface area contributed by atoms with Crippen LogP contribution in [0.4, 0.5) is 0 Å². The van der Waals surface area contributed by atoms with Gasteiger partial charge in [-0.1, -0.05) is 38.1 Å². The van der Waals surface area contributed by atoms with Crippen LogP contribution in [0, 0.1) is 11.8 Å². The van der Waals surface area contributed by atoms with Gasteiger partial charge in [0.25, 0.3) is 0 Å². The topological polar surface area (TPSA) is 83.6 Å². The third kappa shape index (κ3) is 3.08. The van der Waals surface area contributed by atoms with E-state index >= 15 is 0 Å². The van der Waals surface area contributed by atoms with E-state index in [4.69, 9.17) is 5.73 Å². The number of amides is 1. The molecule has 1 unspecified atom stereocenters. The summed E-state index contributed by atoms with van der Waals surface area (Å²) >= 11 is 0. The minimum atomic E-state index is -0.961. The zero-order chi connectivity index (χ0) is 15.6. The summed E-state index contributed by atoms with van der Waals surface area (Å²) in [6.07, 6.45) is 0.354. The molecule has 0 radical (unpaired) electrons. The molecule has 5 heteroatoms. The zero-order valence-corrected chi connectivity index (χ0v) is 12.5. The summed E-state index contributed by atoms with van der Waals surface area (Å²) < 4.78 is 0. The second-order valence-corrected chi connectivity index (χ2v) is 5.88. The molecule has 0 fully saturated rings. The van der Waals surface area contributed by atoms with Crippen LogP contribution in [0.2, 0.25) is 0 Å². The number of benzene rings is 1. The highest BCUT2D eigenvalue weighted by molar-refractivity contribution is 5.86. The van der Waals surface area contributed by atoms with Crippen molar-refractivity contribution < 1.29 is 14.7 Å². The molecule has 1 aliphatic rings. The normalized spacial score (nSPS) is 19.2. The lowest BCUT2D eigenvalue weighted by Crippen LogP contribution is -2.52. The lowest BCUT2D eigenvalue weighted by Gasteiger charge is -2.37. The molecule has 114 valence electrons. The van der Waals surface area contributed by atoms with E-state index in [1.165, 1.54) is 4.90 Å². The number of fused-ring (bicyclic) bond motifs is 1. The molecule has 5 nitrogen and oxygen atoms in total. The van der Waals surface area contributed by atoms with Crippen LogP contribution in [0.5, 0.6) is 0 Å². The van der Waals surface area contributed by atoms with Gasteiger partial charge < -0.3 is 15.7 Å². The van der Waals surface area contributed by atoms with Crippen molar-refractivity contribution >= 4 is 11.9 Å². The third-order valence-corrected chi connectivity index (χ3v) is 4.19. The van der Waals surface area contributed by atoms with Gasteiger partial charge in [0.15, 0.2) is 0 Å². The fourth-order valence-corrected chi connectivity index (χ4v) is 2.85. The minimum absolute atomic E-state index is 0.0918. The molecule has 0 saturated heterocycles. The molecule has 2 rings (SSSR count). The lowest BCUT2D eigenvalue weighted by molar-refractivity contribution is -0.153. The molecule has 0 bridgehead atoms. The van der Waals surface area contributed by atoms with Crippen molar-refractivity contribution in [1.29, 1.82) is 0 Å². The van der Waals surface area contributed by atoms with E-state index in [0.717, 1.165) is 11.1 Å². The van der Waals surface area contributed by atoms with Gasteiger partial charge in [0.2, 0.25) is 5.91 Å². The summed E-state index contributed by atoms with van der Waals surface area (Å²) in [6.45, 7) is 4.45. The summed E-state index contributed by atoms with van der Waals surface area (Å²) in [5, 5.41) is 9.45. The van der Waals surface area contributed by atoms with Gasteiger partial charge in [-0.25, -0.2) is 4.79 Å². The Bertz CT molecular complexity index is 542. The van der Waals surface area contributed by atoms with E-state index in [9.17, 15) is 14.7 Å². The Hall–Kier alpha value is -1.88. The zero-order valence-electron chi connectivity index (χ0n) is 12.5. The van der Waals surface area contributed by atoms with Crippen molar-refractivity contribution in [3.8, 4) is 0 Å². The molecule has 0 spiro atoms. The number of nitrogens with zero attached hydrogens (tertiary/aromatic N) is 1. The molecule has 0 aromatic heterocycles. The van der Waals surface area contributed by atoms with Gasteiger partial charge in [0.05, 0.1) is 5.92 Å². The van der Waals surface area contributed by atoms with Crippen LogP contribution in [0.15, 0.2) is 24.3 Å². The highest BCUT2D eigenvalue weighted by Crippen LogP contribution is 2.26. The summed E-state index contributed by atoms with van der Waals surface area (Å²) in [6, 6.07) is 6.87. The Morgan fingerprint density at radius 1 is 1.33 bits per heavy atom. The first-order chi connectivity index (χ1) is 9.95. The van der Waals surface area contributed by atoms with E-state index in [-0.39, 0.29) is 24.3 Å². The predicted octanol–water partition coefficient (Wildman–Crippen LogP) is 1.26. The number of rotatable bonds is 4. The van der Waals surface area contributed by atoms with Crippen molar-refractivity contribution in [3.63, 3.8) is 0 Å². The molecule has 0 aliphatic carbocycles. The number of hydrogen-bond acceptors (Lipinski definition) is 3. The lowest BCUT2D eigenvalue weighted by atomic mass is 9.89. The van der Waals surface area contributed by atoms with Gasteiger partial charge in [-0.15, -0.1) is 0 Å². The van der Waals surface area contributed by atoms with Gasteiger partial charge in [0.1, 0.15) is 6.04 Å². The Morgan fingerprint density at radius 2 is 1.95 bits per heavy atom. The van der Waals surface area contributed by atoms with Crippen LogP contribution in [0.1, 0.15) is 25.0 Å². The average molecular weight is 290 g/mol. The summed E-state index contributed by atoms with van der Waals surface area (Å²) in [4.78, 5) is 25.7. The first-order valence-electron chi connectivity index (χ1n) is 7.25. The van der Waals surface area contributed by atoms with E-state index in [1.807, 2.05) is 38.1 Å². The van der Waals surface area contributed by atoms with Crippen molar-refractivity contribution in [2.45, 2.75) is 32.9 Å². The number of carbonyl (C=O) groups is 2. The monoisotopic (exact) mass is 290 g/mol. The SMILES string of the molecule is CC(C)C(CN)C(=O)N1Cc2ccccc2C[C@@H]1C(=O)O. The van der Waals surface area contributed by atoms with Crippen LogP contribution in [0.25, 0.3) is 0 Å². The molecule has 2 atom stereocenters. The second-order valence-electron chi connectivity index (χ2n) is 5.88. The molecule has 1 heterocycles. The Kier molecular flexibility index (Phi) is 4.63. The van der Waals surface area contributed by atoms with Crippen molar-refractivity contribution in [2.75, 3.05) is 6.54 Å².